The van der Waals surface area contributed by atoms with Crippen molar-refractivity contribution in [1.29, 1.82) is 0 Å². The van der Waals surface area contributed by atoms with Gasteiger partial charge in [-0.25, -0.2) is 8.42 Å². The van der Waals surface area contributed by atoms with E-state index >= 15 is 0 Å². The molecule has 7 nitrogen and oxygen atoms in total. The maximum Gasteiger partial charge on any atom is 0.243 e. The van der Waals surface area contributed by atoms with E-state index in [0.717, 1.165) is 5.56 Å². The van der Waals surface area contributed by atoms with Crippen LogP contribution in [0.4, 0.5) is 5.69 Å². The number of hydrogen-bond acceptors (Lipinski definition) is 5. The maximum atomic E-state index is 12.9. The molecule has 1 aliphatic rings. The quantitative estimate of drug-likeness (QED) is 0.770. The van der Waals surface area contributed by atoms with Gasteiger partial charge in [0.2, 0.25) is 15.9 Å². The molecular formula is C19H21ClN2O5S. The van der Waals surface area contributed by atoms with Gasteiger partial charge in [-0.1, -0.05) is 23.7 Å². The lowest BCUT2D eigenvalue weighted by atomic mass is 10.1. The van der Waals surface area contributed by atoms with Crippen LogP contribution in [0.1, 0.15) is 5.56 Å². The zero-order valence-corrected chi connectivity index (χ0v) is 16.9. The van der Waals surface area contributed by atoms with Gasteiger partial charge in [0.05, 0.1) is 37.3 Å². The molecule has 3 rings (SSSR count). The number of rotatable bonds is 6. The summed E-state index contributed by atoms with van der Waals surface area (Å²) in [6.45, 7) is 1.32. The van der Waals surface area contributed by atoms with E-state index in [9.17, 15) is 13.2 Å². The molecule has 2 aromatic rings. The highest BCUT2D eigenvalue weighted by atomic mass is 35.5. The fraction of sp³-hybridized carbons (Fsp3) is 0.316. The average Bonchev–Trinajstić information content (AvgIpc) is 2.70. The third-order valence-electron chi connectivity index (χ3n) is 4.33. The molecule has 0 aromatic heterocycles. The highest BCUT2D eigenvalue weighted by molar-refractivity contribution is 7.89. The Hall–Kier alpha value is -2.13. The molecule has 0 unspecified atom stereocenters. The predicted octanol–water partition coefficient (Wildman–Crippen LogP) is 2.55. The summed E-state index contributed by atoms with van der Waals surface area (Å²) in [6, 6.07) is 11.4. The van der Waals surface area contributed by atoms with Crippen LogP contribution in [-0.4, -0.2) is 52.0 Å². The number of amides is 1. The first-order valence-corrected chi connectivity index (χ1v) is 10.5. The first-order chi connectivity index (χ1) is 13.4. The van der Waals surface area contributed by atoms with E-state index in [1.807, 2.05) is 0 Å². The Balaban J connectivity index is 1.80. The Bertz CT molecular complexity index is 941. The number of ether oxygens (including phenoxy) is 2. The van der Waals surface area contributed by atoms with Crippen molar-refractivity contribution in [3.8, 4) is 5.75 Å². The van der Waals surface area contributed by atoms with Crippen molar-refractivity contribution in [3.05, 3.63) is 53.1 Å². The van der Waals surface area contributed by atoms with Crippen LogP contribution in [0.15, 0.2) is 47.4 Å². The third kappa shape index (κ3) is 4.82. The van der Waals surface area contributed by atoms with E-state index in [4.69, 9.17) is 21.1 Å². The Labute approximate surface area is 169 Å². The number of sulfonamides is 1. The van der Waals surface area contributed by atoms with E-state index < -0.39 is 10.0 Å². The highest BCUT2D eigenvalue weighted by Crippen LogP contribution is 2.29. The van der Waals surface area contributed by atoms with Gasteiger partial charge >= 0.3 is 0 Å². The van der Waals surface area contributed by atoms with Crippen molar-refractivity contribution < 1.29 is 22.7 Å². The molecule has 1 N–H and O–H groups in total. The monoisotopic (exact) mass is 424 g/mol. The van der Waals surface area contributed by atoms with E-state index in [0.29, 0.717) is 42.8 Å². The van der Waals surface area contributed by atoms with Gasteiger partial charge in [0, 0.05) is 18.1 Å². The Morgan fingerprint density at radius 1 is 1.18 bits per heavy atom. The van der Waals surface area contributed by atoms with Crippen LogP contribution in [0.2, 0.25) is 5.02 Å². The molecule has 1 aliphatic heterocycles. The lowest BCUT2D eigenvalue weighted by Crippen LogP contribution is -2.40. The minimum atomic E-state index is -3.68. The number of benzene rings is 2. The molecule has 0 radical (unpaired) electrons. The summed E-state index contributed by atoms with van der Waals surface area (Å²) in [7, 11) is -2.22. The normalized spacial score (nSPS) is 15.2. The number of anilines is 1. The maximum absolute atomic E-state index is 12.9. The van der Waals surface area contributed by atoms with E-state index in [1.54, 1.807) is 24.3 Å². The molecule has 28 heavy (non-hydrogen) atoms. The van der Waals surface area contributed by atoms with Crippen molar-refractivity contribution in [3.63, 3.8) is 0 Å². The van der Waals surface area contributed by atoms with Gasteiger partial charge in [-0.15, -0.1) is 0 Å². The van der Waals surface area contributed by atoms with Crippen LogP contribution in [0, 0.1) is 0 Å². The molecule has 0 saturated carbocycles. The number of halogens is 1. The van der Waals surface area contributed by atoms with Crippen molar-refractivity contribution in [2.45, 2.75) is 11.3 Å². The lowest BCUT2D eigenvalue weighted by Gasteiger charge is -2.26. The summed E-state index contributed by atoms with van der Waals surface area (Å²) >= 11 is 5.86. The van der Waals surface area contributed by atoms with Crippen molar-refractivity contribution in [2.75, 3.05) is 38.7 Å². The number of nitrogens with zero attached hydrogens (tertiary/aromatic N) is 1. The summed E-state index contributed by atoms with van der Waals surface area (Å²) in [5, 5.41) is 3.33. The van der Waals surface area contributed by atoms with Gasteiger partial charge in [0.25, 0.3) is 0 Å². The first kappa shape index (κ1) is 20.6. The summed E-state index contributed by atoms with van der Waals surface area (Å²) in [4.78, 5) is 12.5. The standard InChI is InChI=1S/C19H21ClN2O5S/c1-26-18-7-6-16(28(24,25)22-8-10-27-11-9-22)13-17(18)21-19(23)12-14-2-4-15(20)5-3-14/h2-7,13H,8-12H2,1H3,(H,21,23). The molecule has 150 valence electrons. The van der Waals surface area contributed by atoms with Crippen molar-refractivity contribution >= 4 is 33.2 Å². The fourth-order valence-corrected chi connectivity index (χ4v) is 4.42. The van der Waals surface area contributed by atoms with E-state index in [2.05, 4.69) is 5.32 Å². The van der Waals surface area contributed by atoms with Crippen molar-refractivity contribution in [1.82, 2.24) is 4.31 Å². The lowest BCUT2D eigenvalue weighted by molar-refractivity contribution is -0.115. The van der Waals surface area contributed by atoms with Gasteiger partial charge in [0.15, 0.2) is 0 Å². The third-order valence-corrected chi connectivity index (χ3v) is 6.48. The number of methoxy groups -OCH3 is 1. The van der Waals surface area contributed by atoms with Crippen LogP contribution >= 0.6 is 11.6 Å². The van der Waals surface area contributed by atoms with E-state index in [-0.39, 0.29) is 17.2 Å². The SMILES string of the molecule is COc1ccc(S(=O)(=O)N2CCOCC2)cc1NC(=O)Cc1ccc(Cl)cc1. The summed E-state index contributed by atoms with van der Waals surface area (Å²) in [5.41, 5.74) is 1.09. The zero-order valence-electron chi connectivity index (χ0n) is 15.4. The first-order valence-electron chi connectivity index (χ1n) is 8.70. The largest absolute Gasteiger partial charge is 0.495 e. The van der Waals surface area contributed by atoms with Crippen LogP contribution in [0.25, 0.3) is 0 Å². The molecule has 2 aromatic carbocycles. The van der Waals surface area contributed by atoms with Gasteiger partial charge in [-0.2, -0.15) is 4.31 Å². The second kappa shape index (κ2) is 8.91. The topological polar surface area (TPSA) is 84.9 Å². The van der Waals surface area contributed by atoms with Gasteiger partial charge in [0.1, 0.15) is 5.75 Å². The summed E-state index contributed by atoms with van der Waals surface area (Å²) in [6.07, 6.45) is 0.126. The number of carbonyl (C=O) groups excluding carboxylic acids is 1. The minimum absolute atomic E-state index is 0.0944. The summed E-state index contributed by atoms with van der Waals surface area (Å²) < 4.78 is 37.6. The number of carbonyl (C=O) groups is 1. The van der Waals surface area contributed by atoms with E-state index in [1.165, 1.54) is 29.6 Å². The Kier molecular flexibility index (Phi) is 6.56. The van der Waals surface area contributed by atoms with Gasteiger partial charge in [-0.05, 0) is 35.9 Å². The molecular weight excluding hydrogens is 404 g/mol. The second-order valence-electron chi connectivity index (χ2n) is 6.23. The molecule has 0 bridgehead atoms. The average molecular weight is 425 g/mol. The van der Waals surface area contributed by atoms with Gasteiger partial charge in [-0.3, -0.25) is 4.79 Å². The molecule has 1 amide bonds. The predicted molar refractivity (Wildman–Crippen MR) is 106 cm³/mol. The molecule has 0 atom stereocenters. The molecule has 1 saturated heterocycles. The molecule has 9 heteroatoms. The van der Waals surface area contributed by atoms with Gasteiger partial charge < -0.3 is 14.8 Å². The second-order valence-corrected chi connectivity index (χ2v) is 8.60. The minimum Gasteiger partial charge on any atom is -0.495 e. The van der Waals surface area contributed by atoms with Crippen LogP contribution in [-0.2, 0) is 26.0 Å². The number of hydrogen-bond donors (Lipinski definition) is 1. The Morgan fingerprint density at radius 3 is 2.50 bits per heavy atom. The number of nitrogens with one attached hydrogen (secondary N) is 1. The molecule has 0 aliphatic carbocycles. The van der Waals surface area contributed by atoms with Crippen LogP contribution < -0.4 is 10.1 Å². The van der Waals surface area contributed by atoms with Crippen LogP contribution in [0.3, 0.4) is 0 Å². The fourth-order valence-electron chi connectivity index (χ4n) is 2.86. The summed E-state index contributed by atoms with van der Waals surface area (Å²) in [5.74, 6) is 0.0897. The Morgan fingerprint density at radius 2 is 1.86 bits per heavy atom. The molecule has 0 spiro atoms. The molecule has 1 fully saturated rings. The smallest absolute Gasteiger partial charge is 0.243 e. The van der Waals surface area contributed by atoms with Crippen molar-refractivity contribution in [2.24, 2.45) is 0 Å². The zero-order chi connectivity index (χ0) is 20.1. The highest BCUT2D eigenvalue weighted by Gasteiger charge is 2.27. The number of morpholine rings is 1. The molecule has 1 heterocycles. The van der Waals surface area contributed by atoms with Crippen LogP contribution in [0.5, 0.6) is 5.75 Å².